The summed E-state index contributed by atoms with van der Waals surface area (Å²) in [6, 6.07) is 0. The fourth-order valence-electron chi connectivity index (χ4n) is 7.28. The molecule has 3 aliphatic carbocycles. The molecule has 0 amide bonds. The smallest absolute Gasteiger partial charge is 0.164 e. The first-order valence-electron chi connectivity index (χ1n) is 13.0. The third-order valence-corrected chi connectivity index (χ3v) is 11.5. The van der Waals surface area contributed by atoms with Crippen molar-refractivity contribution in [3.8, 4) is 0 Å². The Hall–Kier alpha value is -0.870. The lowest BCUT2D eigenvalue weighted by Gasteiger charge is -2.44. The molecule has 4 aliphatic rings. The third-order valence-electron chi connectivity index (χ3n) is 9.60. The highest BCUT2D eigenvalue weighted by molar-refractivity contribution is 7.92. The maximum Gasteiger partial charge on any atom is 0.164 e. The fourth-order valence-corrected chi connectivity index (χ4v) is 9.36. The zero-order valence-corrected chi connectivity index (χ0v) is 21.6. The van der Waals surface area contributed by atoms with Gasteiger partial charge in [0.05, 0.1) is 11.9 Å². The average Bonchev–Trinajstić information content (AvgIpc) is 3.20. The fraction of sp³-hybridized carbons (Fsp3) is 0.786. The van der Waals surface area contributed by atoms with Crippen LogP contribution in [0.5, 0.6) is 0 Å². The molecule has 3 nitrogen and oxygen atoms in total. The Labute approximate surface area is 196 Å². The van der Waals surface area contributed by atoms with Gasteiger partial charge in [-0.1, -0.05) is 64.0 Å². The van der Waals surface area contributed by atoms with Gasteiger partial charge in [0.2, 0.25) is 0 Å². The highest BCUT2D eigenvalue weighted by Gasteiger charge is 2.51. The van der Waals surface area contributed by atoms with Gasteiger partial charge in [0.15, 0.2) is 9.84 Å². The second-order valence-electron chi connectivity index (χ2n) is 11.9. The van der Waals surface area contributed by atoms with E-state index in [4.69, 9.17) is 0 Å². The number of hydrogen-bond donors (Lipinski definition) is 1. The van der Waals surface area contributed by atoms with Crippen LogP contribution in [0.15, 0.2) is 34.9 Å². The number of rotatable bonds is 5. The van der Waals surface area contributed by atoms with E-state index in [1.54, 1.807) is 0 Å². The molecule has 1 aliphatic heterocycles. The molecule has 0 aromatic carbocycles. The van der Waals surface area contributed by atoms with Gasteiger partial charge >= 0.3 is 0 Å². The number of allylic oxidation sites excluding steroid dienone is 3. The van der Waals surface area contributed by atoms with Crippen LogP contribution in [0.2, 0.25) is 0 Å². The minimum atomic E-state index is -3.17. The second kappa shape index (κ2) is 9.06. The highest BCUT2D eigenvalue weighted by atomic mass is 32.2. The second-order valence-corrected chi connectivity index (χ2v) is 14.1. The van der Waals surface area contributed by atoms with Gasteiger partial charge in [0, 0.05) is 0 Å². The molecule has 1 heterocycles. The van der Waals surface area contributed by atoms with E-state index in [0.29, 0.717) is 42.4 Å². The van der Waals surface area contributed by atoms with Crippen molar-refractivity contribution in [2.24, 2.45) is 35.0 Å². The quantitative estimate of drug-likeness (QED) is 0.493. The summed E-state index contributed by atoms with van der Waals surface area (Å²) in [5.74, 6) is 3.21. The van der Waals surface area contributed by atoms with Gasteiger partial charge < -0.3 is 5.11 Å². The Balaban J connectivity index is 1.58. The summed E-state index contributed by atoms with van der Waals surface area (Å²) in [5, 5.41) is 9.73. The van der Waals surface area contributed by atoms with E-state index in [9.17, 15) is 13.5 Å². The molecule has 0 spiro atoms. The van der Waals surface area contributed by atoms with Crippen LogP contribution < -0.4 is 0 Å². The van der Waals surface area contributed by atoms with Crippen molar-refractivity contribution >= 4 is 9.84 Å². The number of fused-ring (bicyclic) bond motifs is 1. The van der Waals surface area contributed by atoms with Crippen molar-refractivity contribution in [2.45, 2.75) is 97.3 Å². The number of hydrogen-bond acceptors (Lipinski definition) is 3. The van der Waals surface area contributed by atoms with Gasteiger partial charge in [0.1, 0.15) is 5.25 Å². The van der Waals surface area contributed by atoms with E-state index in [-0.39, 0.29) is 17.3 Å². The topological polar surface area (TPSA) is 54.4 Å². The van der Waals surface area contributed by atoms with E-state index in [1.807, 2.05) is 0 Å². The lowest BCUT2D eigenvalue weighted by atomic mass is 9.61. The van der Waals surface area contributed by atoms with E-state index >= 15 is 0 Å². The zero-order valence-electron chi connectivity index (χ0n) is 20.8. The maximum atomic E-state index is 13.1. The molecule has 0 aromatic rings. The Morgan fingerprint density at radius 2 is 1.81 bits per heavy atom. The molecule has 2 saturated carbocycles. The van der Waals surface area contributed by atoms with Gasteiger partial charge in [-0.3, -0.25) is 0 Å². The molecule has 0 aromatic heterocycles. The van der Waals surface area contributed by atoms with Crippen molar-refractivity contribution in [1.82, 2.24) is 0 Å². The molecular formula is C28H44O3S. The summed E-state index contributed by atoms with van der Waals surface area (Å²) in [7, 11) is -3.17. The Kier molecular flexibility index (Phi) is 6.87. The van der Waals surface area contributed by atoms with E-state index in [0.717, 1.165) is 30.4 Å². The van der Waals surface area contributed by atoms with Gasteiger partial charge in [-0.05, 0) is 91.9 Å². The summed E-state index contributed by atoms with van der Waals surface area (Å²) >= 11 is 0. The first kappa shape index (κ1) is 24.3. The Bertz CT molecular complexity index is 909. The van der Waals surface area contributed by atoms with Crippen LogP contribution in [0.3, 0.4) is 0 Å². The van der Waals surface area contributed by atoms with Crippen LogP contribution in [0.4, 0.5) is 0 Å². The third kappa shape index (κ3) is 4.43. The Morgan fingerprint density at radius 1 is 1.06 bits per heavy atom. The molecule has 7 atom stereocenters. The minimum Gasteiger partial charge on any atom is -0.393 e. The molecule has 0 saturated heterocycles. The van der Waals surface area contributed by atoms with E-state index in [1.165, 1.54) is 24.8 Å². The summed E-state index contributed by atoms with van der Waals surface area (Å²) < 4.78 is 26.2. The van der Waals surface area contributed by atoms with E-state index < -0.39 is 15.1 Å². The predicted molar refractivity (Wildman–Crippen MR) is 133 cm³/mol. The van der Waals surface area contributed by atoms with Crippen LogP contribution in [-0.4, -0.2) is 30.6 Å². The summed E-state index contributed by atoms with van der Waals surface area (Å²) in [5.41, 5.74) is 3.78. The zero-order chi connectivity index (χ0) is 23.3. The minimum absolute atomic E-state index is 0.212. The molecule has 4 heteroatoms. The number of aliphatic hydroxyl groups is 1. The standard InChI is InChI=1S/C28H44O3S/c1-18(2)19(3)8-9-20(4)25-12-13-26-21(7-6-14-28(25,26)5)15-27-24-16-23(29)11-10-22(24)17-32(27,30)31/h8-9,15,18-20,23,25-27,29H,6-7,10-14,16-17H2,1-5H3/b9-8+,21-15+/t19-,20+,23-,25+,26+,27+,28+/m0/s1. The lowest BCUT2D eigenvalue weighted by molar-refractivity contribution is 0.111. The summed E-state index contributed by atoms with van der Waals surface area (Å²) in [6.45, 7) is 11.8. The van der Waals surface area contributed by atoms with Crippen molar-refractivity contribution in [2.75, 3.05) is 5.75 Å². The van der Waals surface area contributed by atoms with Gasteiger partial charge in [-0.25, -0.2) is 8.42 Å². The van der Waals surface area contributed by atoms with Crippen LogP contribution in [0, 0.1) is 35.0 Å². The van der Waals surface area contributed by atoms with Crippen molar-refractivity contribution in [1.29, 1.82) is 0 Å². The number of sulfone groups is 1. The average molecular weight is 461 g/mol. The molecule has 0 radical (unpaired) electrons. The number of aliphatic hydroxyl groups excluding tert-OH is 1. The molecule has 2 fully saturated rings. The monoisotopic (exact) mass is 460 g/mol. The summed E-state index contributed by atoms with van der Waals surface area (Å²) in [6.07, 6.45) is 14.5. The highest BCUT2D eigenvalue weighted by Crippen LogP contribution is 2.60. The van der Waals surface area contributed by atoms with Gasteiger partial charge in [-0.15, -0.1) is 0 Å². The first-order chi connectivity index (χ1) is 15.0. The van der Waals surface area contributed by atoms with Crippen molar-refractivity contribution < 1.29 is 13.5 Å². The molecule has 180 valence electrons. The van der Waals surface area contributed by atoms with Gasteiger partial charge in [-0.2, -0.15) is 0 Å². The van der Waals surface area contributed by atoms with Crippen LogP contribution in [-0.2, 0) is 9.84 Å². The van der Waals surface area contributed by atoms with Crippen LogP contribution in [0.1, 0.15) is 86.0 Å². The van der Waals surface area contributed by atoms with Crippen LogP contribution in [0.25, 0.3) is 0 Å². The summed E-state index contributed by atoms with van der Waals surface area (Å²) in [4.78, 5) is 0. The normalized spacial score (nSPS) is 40.2. The largest absolute Gasteiger partial charge is 0.393 e. The van der Waals surface area contributed by atoms with E-state index in [2.05, 4.69) is 52.8 Å². The molecule has 0 unspecified atom stereocenters. The molecule has 1 N–H and O–H groups in total. The first-order valence-corrected chi connectivity index (χ1v) is 14.7. The maximum absolute atomic E-state index is 13.1. The van der Waals surface area contributed by atoms with Gasteiger partial charge in [0.25, 0.3) is 0 Å². The van der Waals surface area contributed by atoms with Crippen molar-refractivity contribution in [3.05, 3.63) is 34.9 Å². The molecule has 4 rings (SSSR count). The molecule has 0 bridgehead atoms. The predicted octanol–water partition coefficient (Wildman–Crippen LogP) is 6.25. The molecule has 32 heavy (non-hydrogen) atoms. The SMILES string of the molecule is CC(C)[C@@H](C)/C=C/[C@@H](C)[C@H]1CC[C@@H]2/C(=C/[C@@H]3C4=C(CC[C@H](O)C4)CS3(=O)=O)CCC[C@@]21C. The Morgan fingerprint density at radius 3 is 2.53 bits per heavy atom. The molecular weight excluding hydrogens is 416 g/mol. The lowest BCUT2D eigenvalue weighted by Crippen LogP contribution is -2.36. The van der Waals surface area contributed by atoms with Crippen molar-refractivity contribution in [3.63, 3.8) is 0 Å². The van der Waals surface area contributed by atoms with Crippen LogP contribution >= 0.6 is 0 Å².